The number of nitrogens with zero attached hydrogens (tertiary/aromatic N) is 2. The zero-order valence-corrected chi connectivity index (χ0v) is 19.2. The van der Waals surface area contributed by atoms with Crippen LogP contribution in [0.3, 0.4) is 0 Å². The van der Waals surface area contributed by atoms with Crippen LogP contribution >= 0.6 is 11.6 Å². The molecule has 1 aliphatic rings. The van der Waals surface area contributed by atoms with Crippen LogP contribution in [0.5, 0.6) is 0 Å². The zero-order valence-electron chi connectivity index (χ0n) is 18.4. The van der Waals surface area contributed by atoms with Crippen LogP contribution in [0.15, 0.2) is 42.5 Å². The summed E-state index contributed by atoms with van der Waals surface area (Å²) in [5.41, 5.74) is 1.29. The van der Waals surface area contributed by atoms with Crippen LogP contribution in [0.4, 0.5) is 4.39 Å². The summed E-state index contributed by atoms with van der Waals surface area (Å²) in [6.07, 6.45) is 0. The molecular weight excluding hydrogens is 433 g/mol. The van der Waals surface area contributed by atoms with Gasteiger partial charge in [0, 0.05) is 36.8 Å². The monoisotopic (exact) mass is 459 g/mol. The molecule has 170 valence electrons. The number of hydrogen-bond donors (Lipinski definition) is 1. The van der Waals surface area contributed by atoms with Gasteiger partial charge >= 0.3 is 0 Å². The van der Waals surface area contributed by atoms with E-state index in [-0.39, 0.29) is 41.4 Å². The van der Waals surface area contributed by atoms with Crippen molar-refractivity contribution < 1.29 is 18.8 Å². The smallest absolute Gasteiger partial charge is 0.257 e. The van der Waals surface area contributed by atoms with E-state index in [1.807, 2.05) is 32.9 Å². The first kappa shape index (κ1) is 23.7. The predicted molar refractivity (Wildman–Crippen MR) is 121 cm³/mol. The predicted octanol–water partition coefficient (Wildman–Crippen LogP) is 3.53. The molecule has 32 heavy (non-hydrogen) atoms. The molecule has 1 aliphatic heterocycles. The first-order valence-corrected chi connectivity index (χ1v) is 11.0. The Morgan fingerprint density at radius 3 is 2.22 bits per heavy atom. The van der Waals surface area contributed by atoms with E-state index in [1.165, 1.54) is 23.1 Å². The molecule has 0 spiro atoms. The lowest BCUT2D eigenvalue weighted by atomic mass is 10.0. The van der Waals surface area contributed by atoms with Gasteiger partial charge in [-0.2, -0.15) is 0 Å². The average Bonchev–Trinajstić information content (AvgIpc) is 2.78. The van der Waals surface area contributed by atoms with Crippen molar-refractivity contribution in [2.45, 2.75) is 26.8 Å². The van der Waals surface area contributed by atoms with Crippen molar-refractivity contribution in [3.05, 3.63) is 70.0 Å². The van der Waals surface area contributed by atoms with Crippen molar-refractivity contribution in [3.63, 3.8) is 0 Å². The Kier molecular flexibility index (Phi) is 7.51. The standard InChI is InChI=1S/C24H27ClFN3O3/c1-15(2)21(27-22(30)18-7-5-4-6-16(18)3)24(32)29-12-10-28(11-13-29)23(31)19-14-17(25)8-9-20(19)26/h4-9,14-15,21H,10-13H2,1-3H3,(H,27,30). The van der Waals surface area contributed by atoms with E-state index in [0.29, 0.717) is 18.7 Å². The maximum atomic E-state index is 14.1. The van der Waals surface area contributed by atoms with Crippen molar-refractivity contribution >= 4 is 29.3 Å². The Morgan fingerprint density at radius 1 is 0.969 bits per heavy atom. The van der Waals surface area contributed by atoms with Crippen molar-refractivity contribution in [3.8, 4) is 0 Å². The molecule has 6 nitrogen and oxygen atoms in total. The van der Waals surface area contributed by atoms with Crippen LogP contribution < -0.4 is 5.32 Å². The normalized spacial score (nSPS) is 14.9. The molecule has 1 saturated heterocycles. The highest BCUT2D eigenvalue weighted by Gasteiger charge is 2.32. The van der Waals surface area contributed by atoms with Crippen LogP contribution in [0.1, 0.15) is 40.1 Å². The van der Waals surface area contributed by atoms with E-state index in [1.54, 1.807) is 17.0 Å². The molecule has 2 aromatic carbocycles. The number of nitrogens with one attached hydrogen (secondary N) is 1. The maximum Gasteiger partial charge on any atom is 0.257 e. The third-order valence-corrected chi connectivity index (χ3v) is 5.88. The zero-order chi connectivity index (χ0) is 23.4. The van der Waals surface area contributed by atoms with Crippen molar-refractivity contribution in [1.82, 2.24) is 15.1 Å². The van der Waals surface area contributed by atoms with Gasteiger partial charge in [-0.15, -0.1) is 0 Å². The summed E-state index contributed by atoms with van der Waals surface area (Å²) in [5, 5.41) is 3.15. The number of aryl methyl sites for hydroxylation is 1. The molecule has 8 heteroatoms. The SMILES string of the molecule is Cc1ccccc1C(=O)NC(C(=O)N1CCN(C(=O)c2cc(Cl)ccc2F)CC1)C(C)C. The highest BCUT2D eigenvalue weighted by atomic mass is 35.5. The molecule has 0 aliphatic carbocycles. The Morgan fingerprint density at radius 2 is 1.59 bits per heavy atom. The number of rotatable bonds is 5. The van der Waals surface area contributed by atoms with Crippen LogP contribution in [0, 0.1) is 18.7 Å². The van der Waals surface area contributed by atoms with Gasteiger partial charge in [0.2, 0.25) is 5.91 Å². The fourth-order valence-electron chi connectivity index (χ4n) is 3.72. The lowest BCUT2D eigenvalue weighted by molar-refractivity contribution is -0.135. The molecule has 0 radical (unpaired) electrons. The van der Waals surface area contributed by atoms with E-state index in [0.717, 1.165) is 5.56 Å². The van der Waals surface area contributed by atoms with Gasteiger partial charge in [-0.25, -0.2) is 4.39 Å². The number of piperazine rings is 1. The molecule has 1 atom stereocenters. The van der Waals surface area contributed by atoms with Crippen LogP contribution in [0.2, 0.25) is 5.02 Å². The number of carbonyl (C=O) groups is 3. The highest BCUT2D eigenvalue weighted by Crippen LogP contribution is 2.18. The number of amides is 3. The van der Waals surface area contributed by atoms with Gasteiger partial charge in [-0.05, 0) is 42.7 Å². The summed E-state index contributed by atoms with van der Waals surface area (Å²) in [6, 6.07) is 10.4. The summed E-state index contributed by atoms with van der Waals surface area (Å²) in [4.78, 5) is 41.8. The van der Waals surface area contributed by atoms with Crippen molar-refractivity contribution in [1.29, 1.82) is 0 Å². The number of benzene rings is 2. The van der Waals surface area contributed by atoms with Crippen LogP contribution in [-0.4, -0.2) is 59.7 Å². The molecule has 2 aromatic rings. The quantitative estimate of drug-likeness (QED) is 0.743. The number of carbonyl (C=O) groups excluding carboxylic acids is 3. The third kappa shape index (κ3) is 5.27. The first-order chi connectivity index (χ1) is 15.2. The van der Waals surface area contributed by atoms with Gasteiger partial charge in [-0.3, -0.25) is 14.4 Å². The second kappa shape index (κ2) is 10.1. The van der Waals surface area contributed by atoms with E-state index >= 15 is 0 Å². The lowest BCUT2D eigenvalue weighted by Crippen LogP contribution is -2.57. The topological polar surface area (TPSA) is 69.7 Å². The summed E-state index contributed by atoms with van der Waals surface area (Å²) < 4.78 is 14.1. The molecule has 0 saturated carbocycles. The molecule has 3 rings (SSSR count). The van der Waals surface area contributed by atoms with Gasteiger partial charge in [0.1, 0.15) is 11.9 Å². The van der Waals surface area contributed by atoms with Crippen LogP contribution in [0.25, 0.3) is 0 Å². The van der Waals surface area contributed by atoms with Gasteiger partial charge < -0.3 is 15.1 Å². The fourth-order valence-corrected chi connectivity index (χ4v) is 3.89. The molecule has 0 bridgehead atoms. The molecule has 1 N–H and O–H groups in total. The van der Waals surface area contributed by atoms with E-state index in [4.69, 9.17) is 11.6 Å². The molecule has 1 unspecified atom stereocenters. The van der Waals surface area contributed by atoms with Crippen molar-refractivity contribution in [2.75, 3.05) is 26.2 Å². The fraction of sp³-hybridized carbons (Fsp3) is 0.375. The Bertz CT molecular complexity index is 1020. The van der Waals surface area contributed by atoms with Crippen LogP contribution in [-0.2, 0) is 4.79 Å². The third-order valence-electron chi connectivity index (χ3n) is 5.65. The minimum absolute atomic E-state index is 0.0807. The maximum absolute atomic E-state index is 14.1. The lowest BCUT2D eigenvalue weighted by Gasteiger charge is -2.37. The number of hydrogen-bond acceptors (Lipinski definition) is 3. The Labute approximate surface area is 192 Å². The number of halogens is 2. The van der Waals surface area contributed by atoms with Crippen molar-refractivity contribution in [2.24, 2.45) is 5.92 Å². The summed E-state index contributed by atoms with van der Waals surface area (Å²) >= 11 is 5.90. The Hall–Kier alpha value is -2.93. The summed E-state index contributed by atoms with van der Waals surface area (Å²) in [7, 11) is 0. The first-order valence-electron chi connectivity index (χ1n) is 10.6. The Balaban J connectivity index is 1.65. The van der Waals surface area contributed by atoms with Gasteiger partial charge in [0.25, 0.3) is 11.8 Å². The molecule has 0 aromatic heterocycles. The summed E-state index contributed by atoms with van der Waals surface area (Å²) in [5.74, 6) is -1.68. The van der Waals surface area contributed by atoms with E-state index in [2.05, 4.69) is 5.32 Å². The second-order valence-corrected chi connectivity index (χ2v) is 8.69. The average molecular weight is 460 g/mol. The minimum Gasteiger partial charge on any atom is -0.340 e. The summed E-state index contributed by atoms with van der Waals surface area (Å²) in [6.45, 7) is 6.75. The molecule has 1 fully saturated rings. The van der Waals surface area contributed by atoms with Gasteiger partial charge in [0.05, 0.1) is 5.56 Å². The van der Waals surface area contributed by atoms with Gasteiger partial charge in [0.15, 0.2) is 0 Å². The highest BCUT2D eigenvalue weighted by molar-refractivity contribution is 6.31. The largest absolute Gasteiger partial charge is 0.340 e. The van der Waals surface area contributed by atoms with E-state index < -0.39 is 17.8 Å². The molecule has 1 heterocycles. The minimum atomic E-state index is -0.685. The van der Waals surface area contributed by atoms with E-state index in [9.17, 15) is 18.8 Å². The molecular formula is C24H27ClFN3O3. The second-order valence-electron chi connectivity index (χ2n) is 8.25. The van der Waals surface area contributed by atoms with Gasteiger partial charge in [-0.1, -0.05) is 43.6 Å². The molecule has 3 amide bonds.